The number of carbonyl (C=O) groups is 7. The van der Waals surface area contributed by atoms with Crippen LogP contribution in [0.15, 0.2) is 115 Å². The summed E-state index contributed by atoms with van der Waals surface area (Å²) in [5, 5.41) is 17.1. The van der Waals surface area contributed by atoms with Crippen molar-refractivity contribution in [2.24, 2.45) is 0 Å². The quantitative estimate of drug-likeness (QED) is 0.0280. The van der Waals surface area contributed by atoms with E-state index in [0.717, 1.165) is 18.4 Å². The van der Waals surface area contributed by atoms with E-state index in [2.05, 4.69) is 16.0 Å². The van der Waals surface area contributed by atoms with Crippen LogP contribution >= 0.6 is 0 Å². The Bertz CT molecular complexity index is 1990. The lowest BCUT2D eigenvalue weighted by molar-refractivity contribution is -0.168. The van der Waals surface area contributed by atoms with Gasteiger partial charge in [0.2, 0.25) is 17.7 Å². The lowest BCUT2D eigenvalue weighted by atomic mass is 10.0. The smallest absolute Gasteiger partial charge is 0.359 e. The number of unbranched alkanes of at least 4 members (excludes halogenated alkanes) is 2. The van der Waals surface area contributed by atoms with E-state index < -0.39 is 72.6 Å². The second kappa shape index (κ2) is 26.2. The van der Waals surface area contributed by atoms with Gasteiger partial charge in [0, 0.05) is 25.8 Å². The molecule has 328 valence electrons. The minimum absolute atomic E-state index is 0.00293. The number of amides is 3. The zero-order valence-electron chi connectivity index (χ0n) is 34.6. The third kappa shape index (κ3) is 17.7. The van der Waals surface area contributed by atoms with Gasteiger partial charge >= 0.3 is 23.9 Å². The number of aliphatic carboxylic acids is 1. The Labute approximate surface area is 360 Å². The number of esters is 3. The molecule has 4 aromatic carbocycles. The highest BCUT2D eigenvalue weighted by atomic mass is 16.6. The summed E-state index contributed by atoms with van der Waals surface area (Å²) in [6, 6.07) is 30.5. The second-order valence-corrected chi connectivity index (χ2v) is 14.3. The van der Waals surface area contributed by atoms with Crippen LogP contribution in [-0.4, -0.2) is 71.4 Å². The van der Waals surface area contributed by atoms with E-state index in [1.807, 2.05) is 25.1 Å². The molecule has 0 aliphatic heterocycles. The van der Waals surface area contributed by atoms with Crippen LogP contribution in [0.4, 0.5) is 0 Å². The fraction of sp³-hybridized carbons (Fsp3) is 0.340. The molecule has 2 atom stereocenters. The topological polar surface area (TPSA) is 213 Å². The number of rotatable bonds is 26. The average Bonchev–Trinajstić information content (AvgIpc) is 3.29. The highest BCUT2D eigenvalue weighted by Crippen LogP contribution is 2.18. The van der Waals surface area contributed by atoms with Crippen molar-refractivity contribution in [2.45, 2.75) is 96.3 Å². The van der Waals surface area contributed by atoms with Gasteiger partial charge < -0.3 is 40.0 Å². The van der Waals surface area contributed by atoms with E-state index in [4.69, 9.17) is 24.1 Å². The first-order chi connectivity index (χ1) is 30.0. The number of benzene rings is 4. The summed E-state index contributed by atoms with van der Waals surface area (Å²) in [7, 11) is 0. The van der Waals surface area contributed by atoms with Crippen molar-refractivity contribution in [3.63, 3.8) is 0 Å². The van der Waals surface area contributed by atoms with E-state index in [-0.39, 0.29) is 44.8 Å². The number of hydrogen-bond donors (Lipinski definition) is 4. The highest BCUT2D eigenvalue weighted by molar-refractivity contribution is 5.98. The van der Waals surface area contributed by atoms with Crippen LogP contribution in [0.2, 0.25) is 0 Å². The lowest BCUT2D eigenvalue weighted by Gasteiger charge is -2.23. The van der Waals surface area contributed by atoms with Crippen molar-refractivity contribution in [2.75, 3.05) is 6.54 Å². The summed E-state index contributed by atoms with van der Waals surface area (Å²) in [6.45, 7) is 2.15. The van der Waals surface area contributed by atoms with Crippen molar-refractivity contribution in [3.05, 3.63) is 138 Å². The van der Waals surface area contributed by atoms with Crippen molar-refractivity contribution < 1.29 is 57.6 Å². The third-order valence-corrected chi connectivity index (χ3v) is 9.30. The van der Waals surface area contributed by atoms with Crippen molar-refractivity contribution in [1.82, 2.24) is 16.0 Å². The van der Waals surface area contributed by atoms with Gasteiger partial charge in [-0.25, -0.2) is 9.59 Å². The van der Waals surface area contributed by atoms with Crippen molar-refractivity contribution in [3.8, 4) is 5.75 Å². The van der Waals surface area contributed by atoms with Crippen molar-refractivity contribution >= 4 is 41.6 Å². The summed E-state index contributed by atoms with van der Waals surface area (Å²) in [5.41, 5.74) is 2.71. The maximum Gasteiger partial charge on any atom is 0.359 e. The molecule has 0 unspecified atom stereocenters. The van der Waals surface area contributed by atoms with Gasteiger partial charge in [-0.2, -0.15) is 0 Å². The van der Waals surface area contributed by atoms with Crippen LogP contribution in [0.1, 0.15) is 74.1 Å². The molecular formula is C47H53N3O12. The number of carboxylic acid groups (broad SMARTS) is 1. The average molecular weight is 852 g/mol. The highest BCUT2D eigenvalue weighted by Gasteiger charge is 2.33. The molecule has 0 aliphatic carbocycles. The fourth-order valence-corrected chi connectivity index (χ4v) is 5.90. The zero-order valence-corrected chi connectivity index (χ0v) is 34.6. The predicted octanol–water partition coefficient (Wildman–Crippen LogP) is 5.13. The standard InChI is InChI=1S/C47H53N3O12/c1-2-3-13-28-48-44(55)39(50-45(56)38(49-40(51)25-26-41(52)53)24-27-42(54)59-30-34-14-7-4-8-15-34)29-33-20-22-37(23-21-33)62-43(46(57)60-31-35-16-9-5-10-17-35)47(58)61-32-36-18-11-6-12-19-36/h4-12,14-23,38-39,43H,2-3,13,24-32H2,1H3,(H,48,55)(H,49,51)(H,50,56)(H,52,53)/t38-,39-/m0/s1. The molecule has 4 rings (SSSR count). The van der Waals surface area contributed by atoms with Crippen LogP contribution in [0, 0.1) is 0 Å². The molecule has 0 aromatic heterocycles. The van der Waals surface area contributed by atoms with Crippen LogP contribution in [0.3, 0.4) is 0 Å². The number of nitrogens with one attached hydrogen (secondary N) is 3. The zero-order chi connectivity index (χ0) is 44.5. The summed E-state index contributed by atoms with van der Waals surface area (Å²) in [5.74, 6) is -5.66. The fourth-order valence-electron chi connectivity index (χ4n) is 5.90. The van der Waals surface area contributed by atoms with Gasteiger partial charge in [0.05, 0.1) is 6.42 Å². The van der Waals surface area contributed by atoms with Crippen LogP contribution in [-0.2, 0) is 74.0 Å². The summed E-state index contributed by atoms with van der Waals surface area (Å²) in [4.78, 5) is 90.3. The first-order valence-corrected chi connectivity index (χ1v) is 20.5. The van der Waals surface area contributed by atoms with Gasteiger partial charge in [-0.05, 0) is 47.2 Å². The summed E-state index contributed by atoms with van der Waals surface area (Å²) in [6.07, 6.45) is -0.681. The van der Waals surface area contributed by atoms with Crippen LogP contribution in [0.25, 0.3) is 0 Å². The van der Waals surface area contributed by atoms with Gasteiger partial charge in [0.1, 0.15) is 37.7 Å². The number of carboxylic acids is 1. The molecule has 0 saturated heterocycles. The minimum Gasteiger partial charge on any atom is -0.481 e. The molecule has 0 fully saturated rings. The van der Waals surface area contributed by atoms with E-state index in [1.165, 1.54) is 12.1 Å². The molecule has 0 spiro atoms. The van der Waals surface area contributed by atoms with Crippen molar-refractivity contribution in [1.29, 1.82) is 0 Å². The number of hydrogen-bond acceptors (Lipinski definition) is 11. The predicted molar refractivity (Wildman–Crippen MR) is 226 cm³/mol. The van der Waals surface area contributed by atoms with E-state index in [9.17, 15) is 33.6 Å². The SMILES string of the molecule is CCCCCNC(=O)[C@H](Cc1ccc(OC(C(=O)OCc2ccccc2)C(=O)OCc2ccccc2)cc1)NC(=O)[C@H](CCC(=O)OCc1ccccc1)NC(=O)CCC(=O)O. The van der Waals surface area contributed by atoms with E-state index in [1.54, 1.807) is 84.9 Å². The normalized spacial score (nSPS) is 11.6. The molecule has 4 aromatic rings. The molecule has 62 heavy (non-hydrogen) atoms. The Kier molecular flexibility index (Phi) is 20.2. The number of ether oxygens (including phenoxy) is 4. The molecule has 15 heteroatoms. The molecule has 0 aliphatic rings. The Balaban J connectivity index is 1.48. The third-order valence-electron chi connectivity index (χ3n) is 9.30. The van der Waals surface area contributed by atoms with Gasteiger partial charge in [-0.15, -0.1) is 0 Å². The van der Waals surface area contributed by atoms with Crippen LogP contribution in [0.5, 0.6) is 5.75 Å². The lowest BCUT2D eigenvalue weighted by Crippen LogP contribution is -2.54. The minimum atomic E-state index is -1.77. The maximum absolute atomic E-state index is 13.8. The van der Waals surface area contributed by atoms with Crippen LogP contribution < -0.4 is 20.7 Å². The van der Waals surface area contributed by atoms with Gasteiger partial charge in [-0.3, -0.25) is 24.0 Å². The molecule has 15 nitrogen and oxygen atoms in total. The molecule has 4 N–H and O–H groups in total. The monoisotopic (exact) mass is 851 g/mol. The first-order valence-electron chi connectivity index (χ1n) is 20.5. The summed E-state index contributed by atoms with van der Waals surface area (Å²) >= 11 is 0. The largest absolute Gasteiger partial charge is 0.481 e. The molecular weight excluding hydrogens is 799 g/mol. The van der Waals surface area contributed by atoms with Gasteiger partial charge in [0.25, 0.3) is 6.10 Å². The van der Waals surface area contributed by atoms with Gasteiger partial charge in [-0.1, -0.05) is 123 Å². The summed E-state index contributed by atoms with van der Waals surface area (Å²) < 4.78 is 22.0. The Hall–Kier alpha value is -7.03. The van der Waals surface area contributed by atoms with E-state index in [0.29, 0.717) is 29.7 Å². The van der Waals surface area contributed by atoms with Gasteiger partial charge in [0.15, 0.2) is 0 Å². The molecule has 0 bridgehead atoms. The first kappa shape index (κ1) is 47.6. The van der Waals surface area contributed by atoms with E-state index >= 15 is 0 Å². The number of carbonyl (C=O) groups excluding carboxylic acids is 6. The molecule has 3 amide bonds. The molecule has 0 saturated carbocycles. The second-order valence-electron chi connectivity index (χ2n) is 14.3. The molecule has 0 radical (unpaired) electrons. The Morgan fingerprint density at radius 2 is 1.10 bits per heavy atom. The Morgan fingerprint density at radius 3 is 1.61 bits per heavy atom. The Morgan fingerprint density at radius 1 is 0.565 bits per heavy atom. The molecule has 0 heterocycles. The maximum atomic E-state index is 13.8.